The molecule has 3 rings (SSSR count). The van der Waals surface area contributed by atoms with Gasteiger partial charge in [-0.25, -0.2) is 15.0 Å². The molecule has 0 unspecified atom stereocenters. The summed E-state index contributed by atoms with van der Waals surface area (Å²) in [4.78, 5) is 11.9. The number of hydrogen-bond acceptors (Lipinski definition) is 7. The lowest BCUT2D eigenvalue weighted by Gasteiger charge is -2.17. The first-order chi connectivity index (χ1) is 8.59. The molecule has 0 radical (unpaired) electrons. The molecular formula is C10H12N5O3-. The maximum absolute atomic E-state index is 9.89. The summed E-state index contributed by atoms with van der Waals surface area (Å²) in [6, 6.07) is 0. The molecule has 0 bridgehead atoms. The number of rotatable bonds is 1. The van der Waals surface area contributed by atoms with Gasteiger partial charge in [-0.05, 0) is 6.10 Å². The van der Waals surface area contributed by atoms with Crippen molar-refractivity contribution in [2.24, 2.45) is 0 Å². The summed E-state index contributed by atoms with van der Waals surface area (Å²) in [5.74, 6) is 0.248. The molecule has 2 aromatic heterocycles. The molecule has 1 fully saturated rings. The highest BCUT2D eigenvalue weighted by Crippen LogP contribution is 2.31. The van der Waals surface area contributed by atoms with E-state index in [9.17, 15) is 10.2 Å². The summed E-state index contributed by atoms with van der Waals surface area (Å²) >= 11 is 0. The van der Waals surface area contributed by atoms with Gasteiger partial charge in [0, 0.05) is 0 Å². The Morgan fingerprint density at radius 1 is 1.28 bits per heavy atom. The van der Waals surface area contributed by atoms with E-state index in [2.05, 4.69) is 21.9 Å². The van der Waals surface area contributed by atoms with Crippen LogP contribution in [-0.4, -0.2) is 48.0 Å². The number of aliphatic hydroxyl groups excluding tert-OH is 2. The summed E-state index contributed by atoms with van der Waals surface area (Å²) in [7, 11) is 0. The Bertz CT molecular complexity index is 586. The SMILES string of the molecule is [CH2-][C@H]1O[C@@H](n2cnc3c(N)ncnc32)[C@@H](O)[C@@H]1O. The third-order valence-electron chi connectivity index (χ3n) is 3.00. The van der Waals surface area contributed by atoms with E-state index in [0.29, 0.717) is 11.2 Å². The van der Waals surface area contributed by atoms with Crippen LogP contribution in [0.25, 0.3) is 11.2 Å². The van der Waals surface area contributed by atoms with Crippen LogP contribution < -0.4 is 5.73 Å². The number of nitrogen functional groups attached to an aromatic ring is 1. The first kappa shape index (κ1) is 11.3. The Labute approximate surface area is 102 Å². The minimum Gasteiger partial charge on any atom is -0.390 e. The minimum atomic E-state index is -1.10. The van der Waals surface area contributed by atoms with Crippen molar-refractivity contribution in [2.45, 2.75) is 24.5 Å². The van der Waals surface area contributed by atoms with E-state index in [0.717, 1.165) is 0 Å². The lowest BCUT2D eigenvalue weighted by Crippen LogP contribution is -2.30. The van der Waals surface area contributed by atoms with Gasteiger partial charge in [0.25, 0.3) is 0 Å². The number of hydrogen-bond donors (Lipinski definition) is 3. The number of ether oxygens (including phenoxy) is 1. The van der Waals surface area contributed by atoms with Crippen LogP contribution in [0.4, 0.5) is 5.82 Å². The largest absolute Gasteiger partial charge is 0.390 e. The Morgan fingerprint density at radius 2 is 2.06 bits per heavy atom. The maximum Gasteiger partial charge on any atom is 0.167 e. The van der Waals surface area contributed by atoms with Crippen LogP contribution in [0, 0.1) is 6.92 Å². The fraction of sp³-hybridized carbons (Fsp3) is 0.400. The van der Waals surface area contributed by atoms with Crippen LogP contribution in [0.1, 0.15) is 6.23 Å². The van der Waals surface area contributed by atoms with Crippen LogP contribution >= 0.6 is 0 Å². The highest BCUT2D eigenvalue weighted by Gasteiger charge is 2.38. The number of aromatic nitrogens is 4. The number of aliphatic hydroxyl groups is 2. The summed E-state index contributed by atoms with van der Waals surface area (Å²) in [6.45, 7) is 3.60. The minimum absolute atomic E-state index is 0.248. The number of anilines is 1. The average molecular weight is 250 g/mol. The predicted molar refractivity (Wildman–Crippen MR) is 61.0 cm³/mol. The number of imidazole rings is 1. The second kappa shape index (κ2) is 3.87. The zero-order valence-corrected chi connectivity index (χ0v) is 9.34. The van der Waals surface area contributed by atoms with Crippen molar-refractivity contribution < 1.29 is 14.9 Å². The van der Waals surface area contributed by atoms with Crippen molar-refractivity contribution in [3.63, 3.8) is 0 Å². The Kier molecular flexibility index (Phi) is 2.44. The first-order valence-corrected chi connectivity index (χ1v) is 5.37. The van der Waals surface area contributed by atoms with Crippen molar-refractivity contribution in [3.05, 3.63) is 19.6 Å². The van der Waals surface area contributed by atoms with E-state index in [1.165, 1.54) is 17.2 Å². The standard InChI is InChI=1S/C10H12N5O3/c1-4-6(16)7(17)10(18-4)15-3-14-5-8(11)12-2-13-9(5)15/h2-4,6-7,10,16-17H,1H2,(H2,11,12,13)/q-1/t4-,6-,7+,10-/m1/s1. The number of fused-ring (bicyclic) bond motifs is 1. The van der Waals surface area contributed by atoms with Crippen LogP contribution in [-0.2, 0) is 4.74 Å². The fourth-order valence-electron chi connectivity index (χ4n) is 2.02. The van der Waals surface area contributed by atoms with Gasteiger partial charge in [-0.2, -0.15) is 0 Å². The van der Waals surface area contributed by atoms with E-state index in [1.807, 2.05) is 0 Å². The monoisotopic (exact) mass is 250 g/mol. The van der Waals surface area contributed by atoms with Crippen molar-refractivity contribution >= 4 is 17.0 Å². The van der Waals surface area contributed by atoms with Crippen molar-refractivity contribution in [1.29, 1.82) is 0 Å². The zero-order chi connectivity index (χ0) is 12.9. The van der Waals surface area contributed by atoms with E-state index >= 15 is 0 Å². The number of nitrogens with two attached hydrogens (primary N) is 1. The quantitative estimate of drug-likeness (QED) is 0.547. The molecule has 2 aromatic rings. The average Bonchev–Trinajstić information content (AvgIpc) is 2.88. The first-order valence-electron chi connectivity index (χ1n) is 5.37. The zero-order valence-electron chi connectivity index (χ0n) is 9.34. The number of nitrogens with zero attached hydrogens (tertiary/aromatic N) is 4. The molecule has 1 aliphatic heterocycles. The van der Waals surface area contributed by atoms with Gasteiger partial charge in [0.05, 0.1) is 12.4 Å². The van der Waals surface area contributed by atoms with Crippen LogP contribution in [0.5, 0.6) is 0 Å². The van der Waals surface area contributed by atoms with Gasteiger partial charge in [-0.15, -0.1) is 0 Å². The molecule has 0 amide bonds. The second-order valence-electron chi connectivity index (χ2n) is 4.13. The van der Waals surface area contributed by atoms with Gasteiger partial charge in [0.1, 0.15) is 17.9 Å². The van der Waals surface area contributed by atoms with Crippen molar-refractivity contribution in [1.82, 2.24) is 19.5 Å². The summed E-state index contributed by atoms with van der Waals surface area (Å²) in [6.07, 6.45) is -0.903. The highest BCUT2D eigenvalue weighted by atomic mass is 16.6. The molecule has 96 valence electrons. The predicted octanol–water partition coefficient (Wildman–Crippen LogP) is -1.14. The van der Waals surface area contributed by atoms with Crippen LogP contribution in [0.3, 0.4) is 0 Å². The van der Waals surface area contributed by atoms with Crippen LogP contribution in [0.2, 0.25) is 0 Å². The topological polar surface area (TPSA) is 119 Å². The molecule has 1 aliphatic rings. The Hall–Kier alpha value is -1.77. The lowest BCUT2D eigenvalue weighted by atomic mass is 10.1. The summed E-state index contributed by atoms with van der Waals surface area (Å²) in [5, 5.41) is 19.5. The molecule has 0 saturated carbocycles. The molecule has 18 heavy (non-hydrogen) atoms. The Balaban J connectivity index is 2.08. The molecule has 0 aliphatic carbocycles. The summed E-state index contributed by atoms with van der Waals surface area (Å²) in [5.41, 5.74) is 6.53. The van der Waals surface area contributed by atoms with E-state index in [-0.39, 0.29) is 5.82 Å². The van der Waals surface area contributed by atoms with Gasteiger partial charge in [-0.1, -0.05) is 0 Å². The molecule has 3 heterocycles. The smallest absolute Gasteiger partial charge is 0.167 e. The Morgan fingerprint density at radius 3 is 2.72 bits per heavy atom. The maximum atomic E-state index is 9.89. The van der Waals surface area contributed by atoms with Gasteiger partial charge >= 0.3 is 0 Å². The lowest BCUT2D eigenvalue weighted by molar-refractivity contribution is -0.0249. The van der Waals surface area contributed by atoms with E-state index in [4.69, 9.17) is 10.5 Å². The van der Waals surface area contributed by atoms with Crippen molar-refractivity contribution in [3.8, 4) is 0 Å². The van der Waals surface area contributed by atoms with E-state index in [1.54, 1.807) is 0 Å². The molecule has 1 saturated heterocycles. The molecule has 0 spiro atoms. The molecule has 8 heteroatoms. The van der Waals surface area contributed by atoms with Gasteiger partial charge in [0.2, 0.25) is 0 Å². The third kappa shape index (κ3) is 1.47. The van der Waals surface area contributed by atoms with Gasteiger partial charge in [0.15, 0.2) is 17.7 Å². The normalized spacial score (nSPS) is 32.2. The molecular weight excluding hydrogens is 238 g/mol. The fourth-order valence-corrected chi connectivity index (χ4v) is 2.02. The molecule has 4 atom stereocenters. The highest BCUT2D eigenvalue weighted by molar-refractivity contribution is 5.81. The van der Waals surface area contributed by atoms with Gasteiger partial charge in [-0.3, -0.25) is 4.57 Å². The molecule has 4 N–H and O–H groups in total. The molecule has 8 nitrogen and oxygen atoms in total. The summed E-state index contributed by atoms with van der Waals surface area (Å²) < 4.78 is 6.90. The second-order valence-corrected chi connectivity index (χ2v) is 4.13. The van der Waals surface area contributed by atoms with E-state index < -0.39 is 24.5 Å². The third-order valence-corrected chi connectivity index (χ3v) is 3.00. The van der Waals surface area contributed by atoms with Gasteiger partial charge < -0.3 is 27.6 Å². The van der Waals surface area contributed by atoms with Crippen LogP contribution in [0.15, 0.2) is 12.7 Å². The molecule has 0 aromatic carbocycles. The van der Waals surface area contributed by atoms with Crippen molar-refractivity contribution in [2.75, 3.05) is 5.73 Å².